The van der Waals surface area contributed by atoms with Gasteiger partial charge in [-0.25, -0.2) is 0 Å². The molecule has 1 unspecified atom stereocenters. The number of aliphatic hydroxyl groups is 1. The van der Waals surface area contributed by atoms with Gasteiger partial charge in [-0.3, -0.25) is 0 Å². The predicted molar refractivity (Wildman–Crippen MR) is 74.8 cm³/mol. The summed E-state index contributed by atoms with van der Waals surface area (Å²) in [5.41, 5.74) is 0. The Morgan fingerprint density at radius 1 is 1.35 bits per heavy atom. The molecule has 0 radical (unpaired) electrons. The molecule has 1 aliphatic rings. The predicted octanol–water partition coefficient (Wildman–Crippen LogP) is 1.55. The van der Waals surface area contributed by atoms with Gasteiger partial charge in [-0.1, -0.05) is 6.55 Å². The second-order valence-electron chi connectivity index (χ2n) is 5.39. The van der Waals surface area contributed by atoms with E-state index >= 15 is 0 Å². The summed E-state index contributed by atoms with van der Waals surface area (Å²) in [6.07, 6.45) is 2.77. The van der Waals surface area contributed by atoms with E-state index < -0.39 is 16.8 Å². The van der Waals surface area contributed by atoms with Gasteiger partial charge in [-0.2, -0.15) is 0 Å². The lowest BCUT2D eigenvalue weighted by Gasteiger charge is -2.32. The molecule has 0 spiro atoms. The first kappa shape index (κ1) is 15.3. The Bertz CT molecular complexity index is 239. The summed E-state index contributed by atoms with van der Waals surface area (Å²) in [6, 6.07) is 2.28. The van der Waals surface area contributed by atoms with Crippen LogP contribution >= 0.6 is 0 Å². The van der Waals surface area contributed by atoms with Crippen molar-refractivity contribution in [2.45, 2.75) is 38.0 Å². The third-order valence-corrected chi connectivity index (χ3v) is 11.2. The molecule has 1 heterocycles. The molecule has 0 aliphatic carbocycles. The van der Waals surface area contributed by atoms with Crippen molar-refractivity contribution in [3.05, 3.63) is 0 Å². The average Bonchev–Trinajstić information content (AvgIpc) is 2.71. The van der Waals surface area contributed by atoms with E-state index in [0.29, 0.717) is 6.23 Å². The normalized spacial score (nSPS) is 26.6. The summed E-state index contributed by atoms with van der Waals surface area (Å²) in [6.45, 7) is 6.67. The van der Waals surface area contributed by atoms with Crippen molar-refractivity contribution >= 4 is 16.8 Å². The monoisotopic (exact) mass is 277 g/mol. The minimum atomic E-state index is -1.90. The van der Waals surface area contributed by atoms with Gasteiger partial charge in [0.25, 0.3) is 0 Å². The third kappa shape index (κ3) is 3.87. The van der Waals surface area contributed by atoms with Crippen molar-refractivity contribution in [1.82, 2.24) is 4.57 Å². The summed E-state index contributed by atoms with van der Waals surface area (Å²) in [7, 11) is 0.113. The van der Waals surface area contributed by atoms with Gasteiger partial charge >= 0.3 is 8.56 Å². The molecule has 1 atom stereocenters. The number of nitrogens with zero attached hydrogens (tertiary/aromatic N) is 1. The van der Waals surface area contributed by atoms with E-state index in [-0.39, 0.29) is 0 Å². The molecule has 6 heteroatoms. The molecule has 1 rings (SSSR count). The van der Waals surface area contributed by atoms with Gasteiger partial charge in [0.15, 0.2) is 8.24 Å². The van der Waals surface area contributed by atoms with Crippen molar-refractivity contribution in [2.75, 3.05) is 33.5 Å². The molecule has 1 N–H and O–H groups in total. The van der Waals surface area contributed by atoms with E-state index in [9.17, 15) is 5.11 Å². The smallest absolute Gasteiger partial charge is 0.334 e. The van der Waals surface area contributed by atoms with Crippen LogP contribution in [-0.2, 0) is 8.85 Å². The van der Waals surface area contributed by atoms with Gasteiger partial charge in [0.05, 0.1) is 6.23 Å². The van der Waals surface area contributed by atoms with Crippen LogP contribution in [0.1, 0.15) is 12.8 Å². The molecule has 0 aromatic carbocycles. The summed E-state index contributed by atoms with van der Waals surface area (Å²) >= 11 is 0. The molecule has 0 aromatic heterocycles. The van der Waals surface area contributed by atoms with Gasteiger partial charge in [0.1, 0.15) is 0 Å². The van der Waals surface area contributed by atoms with Crippen molar-refractivity contribution < 1.29 is 14.0 Å². The molecule has 17 heavy (non-hydrogen) atoms. The van der Waals surface area contributed by atoms with Crippen molar-refractivity contribution in [2.24, 2.45) is 0 Å². The van der Waals surface area contributed by atoms with E-state index in [1.54, 1.807) is 14.2 Å². The first-order chi connectivity index (χ1) is 7.99. The topological polar surface area (TPSA) is 41.9 Å². The Hall–Kier alpha value is 0.274. The average molecular weight is 278 g/mol. The van der Waals surface area contributed by atoms with E-state index in [1.165, 1.54) is 19.0 Å². The van der Waals surface area contributed by atoms with Gasteiger partial charge < -0.3 is 18.5 Å². The molecule has 1 saturated heterocycles. The van der Waals surface area contributed by atoms with Crippen LogP contribution in [0.15, 0.2) is 0 Å². The lowest BCUT2D eigenvalue weighted by Crippen LogP contribution is -2.50. The van der Waals surface area contributed by atoms with E-state index in [2.05, 4.69) is 17.7 Å². The van der Waals surface area contributed by atoms with Crippen LogP contribution in [0, 0.1) is 0 Å². The molecular weight excluding hydrogens is 250 g/mol. The highest BCUT2D eigenvalue weighted by Crippen LogP contribution is 2.26. The summed E-state index contributed by atoms with van der Waals surface area (Å²) in [5.74, 6) is 0. The van der Waals surface area contributed by atoms with E-state index in [1.807, 2.05) is 0 Å². The van der Waals surface area contributed by atoms with Crippen LogP contribution < -0.4 is 0 Å². The van der Waals surface area contributed by atoms with Crippen LogP contribution in [0.25, 0.3) is 0 Å². The molecule has 4 nitrogen and oxygen atoms in total. The summed E-state index contributed by atoms with van der Waals surface area (Å²) in [5, 5.41) is 9.53. The Labute approximate surface area is 107 Å². The van der Waals surface area contributed by atoms with Crippen LogP contribution in [0.2, 0.25) is 25.2 Å². The largest absolute Gasteiger partial charge is 0.398 e. The van der Waals surface area contributed by atoms with Crippen molar-refractivity contribution in [1.29, 1.82) is 0 Å². The fraction of sp³-hybridized carbons (Fsp3) is 1.00. The maximum atomic E-state index is 9.53. The summed E-state index contributed by atoms with van der Waals surface area (Å²) in [4.78, 5) is 0. The van der Waals surface area contributed by atoms with Crippen molar-refractivity contribution in [3.63, 3.8) is 0 Å². The van der Waals surface area contributed by atoms with Crippen LogP contribution in [0.5, 0.6) is 0 Å². The van der Waals surface area contributed by atoms with Crippen LogP contribution in [0.3, 0.4) is 0 Å². The highest BCUT2D eigenvalue weighted by Gasteiger charge is 2.38. The maximum Gasteiger partial charge on any atom is 0.334 e. The Morgan fingerprint density at radius 3 is 2.53 bits per heavy atom. The van der Waals surface area contributed by atoms with Crippen LogP contribution in [-0.4, -0.2) is 60.0 Å². The minimum Gasteiger partial charge on any atom is -0.398 e. The molecule has 102 valence electrons. The second kappa shape index (κ2) is 6.44. The minimum absolute atomic E-state index is 0.399. The van der Waals surface area contributed by atoms with Gasteiger partial charge in [0.2, 0.25) is 0 Å². The van der Waals surface area contributed by atoms with E-state index in [0.717, 1.165) is 19.0 Å². The molecule has 0 bridgehead atoms. The first-order valence-corrected chi connectivity index (χ1v) is 11.8. The second-order valence-corrected chi connectivity index (χ2v) is 13.4. The van der Waals surface area contributed by atoms with E-state index in [4.69, 9.17) is 8.85 Å². The first-order valence-electron chi connectivity index (χ1n) is 6.46. The Balaban J connectivity index is 2.36. The quantitative estimate of drug-likeness (QED) is 0.717. The summed E-state index contributed by atoms with van der Waals surface area (Å²) < 4.78 is 13.5. The Morgan fingerprint density at radius 2 is 2.00 bits per heavy atom. The zero-order valence-corrected chi connectivity index (χ0v) is 13.7. The maximum absolute atomic E-state index is 9.53. The zero-order chi connectivity index (χ0) is 12.9. The number of hydrogen-bond donors (Lipinski definition) is 1. The molecule has 0 aromatic rings. The lowest BCUT2D eigenvalue weighted by atomic mass is 10.4. The standard InChI is InChI=1S/C11H27NO3Si2/c1-14-17(4,15-2)10-6-8-12-7-5-9-16(12,3)11-13/h13H,5-11H2,1-4H3. The lowest BCUT2D eigenvalue weighted by molar-refractivity contribution is 0.246. The van der Waals surface area contributed by atoms with Crippen LogP contribution in [0.4, 0.5) is 0 Å². The third-order valence-electron chi connectivity index (χ3n) is 4.17. The zero-order valence-electron chi connectivity index (χ0n) is 11.7. The van der Waals surface area contributed by atoms with Crippen molar-refractivity contribution in [3.8, 4) is 0 Å². The highest BCUT2D eigenvalue weighted by molar-refractivity contribution is 6.76. The number of rotatable bonds is 7. The van der Waals surface area contributed by atoms with Gasteiger partial charge in [0, 0.05) is 14.2 Å². The SMILES string of the molecule is CO[Si](C)(CCCN1CCC[Si]1(C)CO)OC. The highest BCUT2D eigenvalue weighted by atomic mass is 28.4. The Kier molecular flexibility index (Phi) is 5.81. The molecule has 1 aliphatic heterocycles. The number of aliphatic hydroxyl groups excluding tert-OH is 1. The van der Waals surface area contributed by atoms with Gasteiger partial charge in [-0.15, -0.1) is 0 Å². The van der Waals surface area contributed by atoms with Gasteiger partial charge in [-0.05, 0) is 44.6 Å². The molecule has 0 saturated carbocycles. The fourth-order valence-corrected chi connectivity index (χ4v) is 6.88. The molecular formula is C11H27NO3Si2. The number of hydrogen-bond acceptors (Lipinski definition) is 4. The molecule has 0 amide bonds. The fourth-order valence-electron chi connectivity index (χ4n) is 2.52. The molecule has 1 fully saturated rings.